The van der Waals surface area contributed by atoms with E-state index in [1.54, 1.807) is 16.7 Å². The van der Waals surface area contributed by atoms with E-state index >= 15 is 0 Å². The van der Waals surface area contributed by atoms with Crippen molar-refractivity contribution < 1.29 is 50.7 Å². The molecule has 0 N–H and O–H groups in total. The van der Waals surface area contributed by atoms with E-state index in [2.05, 4.69) is 32.9 Å². The summed E-state index contributed by atoms with van der Waals surface area (Å²) < 4.78 is 0. The first kappa shape index (κ1) is 24.2. The van der Waals surface area contributed by atoms with Gasteiger partial charge in [0.2, 0.25) is 0 Å². The van der Waals surface area contributed by atoms with E-state index in [9.17, 15) is 0 Å². The second-order valence-electron chi connectivity index (χ2n) is 3.89. The molecule has 0 atom stereocenters. The van der Waals surface area contributed by atoms with Gasteiger partial charge in [0.1, 0.15) is 0 Å². The number of hydrogen-bond acceptors (Lipinski definition) is 0. The number of hydrogen-bond donors (Lipinski definition) is 0. The second kappa shape index (κ2) is 14.6. The molecule has 0 aromatic heterocycles. The summed E-state index contributed by atoms with van der Waals surface area (Å²) in [5, 5.41) is 0. The molecule has 2 rings (SSSR count). The molecule has 2 aromatic rings. The minimum Gasteiger partial charge on any atom is -1.00 e. The molecular weight excluding hydrogens is 442 g/mol. The van der Waals surface area contributed by atoms with Gasteiger partial charge in [-0.25, -0.2) is 18.2 Å². The van der Waals surface area contributed by atoms with Crippen molar-refractivity contribution in [2.24, 2.45) is 0 Å². The van der Waals surface area contributed by atoms with Crippen LogP contribution in [-0.4, -0.2) is 0 Å². The topological polar surface area (TPSA) is 0 Å². The first-order valence-corrected chi connectivity index (χ1v) is 6.26. The van der Waals surface area contributed by atoms with Crippen molar-refractivity contribution in [3.8, 4) is 0 Å². The Morgan fingerprint density at radius 3 is 1.89 bits per heavy atom. The zero-order valence-corrected chi connectivity index (χ0v) is 17.0. The van der Waals surface area contributed by atoms with Crippen LogP contribution in [0.2, 0.25) is 0 Å². The minimum absolute atomic E-state index is 0. The third-order valence-electron chi connectivity index (χ3n) is 2.93. The Labute approximate surface area is 149 Å². The van der Waals surface area contributed by atoms with Crippen LogP contribution < -0.4 is 24.8 Å². The molecule has 3 heteroatoms. The summed E-state index contributed by atoms with van der Waals surface area (Å²) in [5.74, 6) is 0. The van der Waals surface area contributed by atoms with Gasteiger partial charge < -0.3 is 24.8 Å². The fraction of sp³-hybridized carbons (Fsp3) is 0.375. The molecule has 0 aliphatic carbocycles. The quantitative estimate of drug-likeness (QED) is 0.384. The van der Waals surface area contributed by atoms with Crippen molar-refractivity contribution in [2.75, 3.05) is 0 Å². The maximum absolute atomic E-state index is 2.28. The molecule has 0 heterocycles. The smallest absolute Gasteiger partial charge is 1.00 e. The van der Waals surface area contributed by atoms with E-state index in [1.807, 2.05) is 30.3 Å². The minimum atomic E-state index is 0. The van der Waals surface area contributed by atoms with Crippen LogP contribution in [0.5, 0.6) is 0 Å². The maximum atomic E-state index is 2.28. The average molecular weight is 464 g/mol. The largest absolute Gasteiger partial charge is 4.00 e. The van der Waals surface area contributed by atoms with Crippen molar-refractivity contribution in [3.05, 3.63) is 59.2 Å². The molecule has 19 heavy (non-hydrogen) atoms. The monoisotopic (exact) mass is 464 g/mol. The summed E-state index contributed by atoms with van der Waals surface area (Å²) in [6, 6.07) is 14.6. The summed E-state index contributed by atoms with van der Waals surface area (Å²) in [7, 11) is 0. The van der Waals surface area contributed by atoms with Gasteiger partial charge in [-0.15, -0.1) is 0 Å². The molecular formula is C16H22Cl2Hf. The van der Waals surface area contributed by atoms with Crippen molar-refractivity contribution in [1.82, 2.24) is 0 Å². The van der Waals surface area contributed by atoms with E-state index in [1.165, 1.54) is 19.3 Å². The molecule has 0 aliphatic heterocycles. The van der Waals surface area contributed by atoms with E-state index in [0.717, 1.165) is 0 Å². The molecule has 0 saturated carbocycles. The molecule has 0 fully saturated rings. The molecule has 0 spiro atoms. The third-order valence-corrected chi connectivity index (χ3v) is 2.93. The first-order valence-electron chi connectivity index (χ1n) is 6.26. The summed E-state index contributed by atoms with van der Waals surface area (Å²) in [5.41, 5.74) is 4.68. The van der Waals surface area contributed by atoms with Gasteiger partial charge in [0.25, 0.3) is 0 Å². The van der Waals surface area contributed by atoms with E-state index in [0.29, 0.717) is 0 Å². The van der Waals surface area contributed by atoms with Gasteiger partial charge in [-0.3, -0.25) is 0 Å². The maximum Gasteiger partial charge on any atom is 4.00 e. The second-order valence-corrected chi connectivity index (χ2v) is 3.89. The van der Waals surface area contributed by atoms with Gasteiger partial charge in [0, 0.05) is 0 Å². The Morgan fingerprint density at radius 1 is 1.00 bits per heavy atom. The molecule has 2 aromatic carbocycles. The molecule has 0 saturated heterocycles. The summed E-state index contributed by atoms with van der Waals surface area (Å²) >= 11 is 0. The average Bonchev–Trinajstić information content (AvgIpc) is 3.00. The van der Waals surface area contributed by atoms with Gasteiger partial charge in [-0.1, -0.05) is 40.0 Å². The first-order chi connectivity index (χ1) is 7.83. The van der Waals surface area contributed by atoms with Gasteiger partial charge in [0.15, 0.2) is 0 Å². The molecule has 0 aliphatic rings. The van der Waals surface area contributed by atoms with Gasteiger partial charge in [-0.2, -0.15) is 41.0 Å². The SMILES string of the molecule is CCc1cc[c-](CC)c1CC.[Cl-].[Cl-].[Hf+4].c1cc[cH-]c1. The van der Waals surface area contributed by atoms with Gasteiger partial charge >= 0.3 is 25.8 Å². The van der Waals surface area contributed by atoms with Crippen LogP contribution in [-0.2, 0) is 45.1 Å². The number of halogens is 2. The Bertz CT molecular complexity index is 339. The molecule has 0 radical (unpaired) electrons. The van der Waals surface area contributed by atoms with E-state index in [4.69, 9.17) is 0 Å². The Kier molecular flexibility index (Phi) is 18.5. The fourth-order valence-corrected chi connectivity index (χ4v) is 2.05. The molecule has 0 bridgehead atoms. The van der Waals surface area contributed by atoms with Crippen LogP contribution in [0.4, 0.5) is 0 Å². The van der Waals surface area contributed by atoms with Crippen LogP contribution >= 0.6 is 0 Å². The van der Waals surface area contributed by atoms with Crippen molar-refractivity contribution in [2.45, 2.75) is 40.0 Å². The molecule has 104 valence electrons. The Hall–Kier alpha value is 0.150. The van der Waals surface area contributed by atoms with E-state index < -0.39 is 0 Å². The predicted molar refractivity (Wildman–Crippen MR) is 72.2 cm³/mol. The van der Waals surface area contributed by atoms with E-state index in [-0.39, 0.29) is 50.7 Å². The Morgan fingerprint density at radius 2 is 1.58 bits per heavy atom. The summed E-state index contributed by atoms with van der Waals surface area (Å²) in [6.45, 7) is 6.70. The molecule has 0 nitrogen and oxygen atoms in total. The number of rotatable bonds is 3. The summed E-state index contributed by atoms with van der Waals surface area (Å²) in [4.78, 5) is 0. The van der Waals surface area contributed by atoms with Crippen LogP contribution in [0.3, 0.4) is 0 Å². The zero-order chi connectivity index (χ0) is 11.8. The zero-order valence-electron chi connectivity index (χ0n) is 11.9. The van der Waals surface area contributed by atoms with Crippen molar-refractivity contribution >= 4 is 0 Å². The molecule has 0 amide bonds. The van der Waals surface area contributed by atoms with Crippen LogP contribution in [0, 0.1) is 0 Å². The van der Waals surface area contributed by atoms with Crippen molar-refractivity contribution in [1.29, 1.82) is 0 Å². The van der Waals surface area contributed by atoms with Crippen LogP contribution in [0.25, 0.3) is 0 Å². The Balaban J connectivity index is -0.000000277. The fourth-order valence-electron chi connectivity index (χ4n) is 2.05. The standard InChI is InChI=1S/C11H17.C5H5.2ClH.Hf/c1-4-9-7-8-10(5-2)11(9)6-3;1-2-4-5-3-1;;;/h7-8H,4-6H2,1-3H3;1-5H;2*1H;/q2*-1;;;+4/p-2. The van der Waals surface area contributed by atoms with Gasteiger partial charge in [0.05, 0.1) is 0 Å². The van der Waals surface area contributed by atoms with Crippen LogP contribution in [0.1, 0.15) is 37.5 Å². The molecule has 0 unspecified atom stereocenters. The van der Waals surface area contributed by atoms with Crippen LogP contribution in [0.15, 0.2) is 42.5 Å². The third kappa shape index (κ3) is 8.12. The summed E-state index contributed by atoms with van der Waals surface area (Å²) in [6.07, 6.45) is 3.56. The van der Waals surface area contributed by atoms with Crippen molar-refractivity contribution in [3.63, 3.8) is 0 Å². The number of aryl methyl sites for hydroxylation is 2. The normalized spacial score (nSPS) is 8.16. The van der Waals surface area contributed by atoms with Gasteiger partial charge in [-0.05, 0) is 0 Å². The predicted octanol–water partition coefficient (Wildman–Crippen LogP) is -1.50.